The van der Waals surface area contributed by atoms with E-state index in [1.165, 1.54) is 20.4 Å². The molecular weight excluding hydrogens is 520 g/mol. The van der Waals surface area contributed by atoms with E-state index in [2.05, 4.69) is 33.6 Å². The van der Waals surface area contributed by atoms with Gasteiger partial charge in [0.05, 0.1) is 43.9 Å². The maximum atomic E-state index is 12.6. The van der Waals surface area contributed by atoms with Crippen molar-refractivity contribution in [1.82, 2.24) is 9.97 Å². The molecule has 1 heterocycles. The third kappa shape index (κ3) is 6.01. The van der Waals surface area contributed by atoms with Gasteiger partial charge in [-0.15, -0.1) is 0 Å². The zero-order valence-corrected chi connectivity index (χ0v) is 23.2. The number of carbonyl (C=O) groups is 1. The van der Waals surface area contributed by atoms with Gasteiger partial charge in [0.1, 0.15) is 35.0 Å². The predicted molar refractivity (Wildman–Crippen MR) is 156 cm³/mol. The highest BCUT2D eigenvalue weighted by atomic mass is 16.5. The first kappa shape index (κ1) is 28.8. The molecule has 2 aromatic carbocycles. The van der Waals surface area contributed by atoms with Crippen molar-refractivity contribution in [2.45, 2.75) is 12.0 Å². The van der Waals surface area contributed by atoms with Crippen molar-refractivity contribution in [2.24, 2.45) is 5.92 Å². The Balaban J connectivity index is 1.96. The van der Waals surface area contributed by atoms with E-state index in [1.807, 2.05) is 48.5 Å². The fourth-order valence-corrected chi connectivity index (χ4v) is 4.60. The van der Waals surface area contributed by atoms with Crippen molar-refractivity contribution in [3.05, 3.63) is 94.4 Å². The molecule has 1 aliphatic rings. The van der Waals surface area contributed by atoms with Crippen LogP contribution in [0, 0.1) is 29.6 Å². The highest BCUT2D eigenvalue weighted by molar-refractivity contribution is 5.80. The van der Waals surface area contributed by atoms with Crippen molar-refractivity contribution in [3.63, 3.8) is 0 Å². The average molecular weight is 551 g/mol. The van der Waals surface area contributed by atoms with Crippen molar-refractivity contribution in [3.8, 4) is 35.2 Å². The lowest BCUT2D eigenvalue weighted by Gasteiger charge is -2.37. The van der Waals surface area contributed by atoms with Crippen LogP contribution < -0.4 is 20.9 Å². The van der Waals surface area contributed by atoms with Crippen molar-refractivity contribution < 1.29 is 23.7 Å². The fraction of sp³-hybridized carbons (Fsp3) is 0.219. The first-order valence-electron chi connectivity index (χ1n) is 12.6. The molecule has 41 heavy (non-hydrogen) atoms. The van der Waals surface area contributed by atoms with Crippen LogP contribution in [-0.2, 0) is 20.7 Å². The number of hydrogen-bond acceptors (Lipinski definition) is 9. The minimum absolute atomic E-state index is 0.0445. The van der Waals surface area contributed by atoms with E-state index in [4.69, 9.17) is 30.4 Å². The highest BCUT2D eigenvalue weighted by Gasteiger charge is 2.43. The van der Waals surface area contributed by atoms with E-state index < -0.39 is 11.5 Å². The summed E-state index contributed by atoms with van der Waals surface area (Å²) in [7, 11) is 6.18. The Bertz CT molecular complexity index is 1640. The summed E-state index contributed by atoms with van der Waals surface area (Å²) in [5, 5.41) is 0. The van der Waals surface area contributed by atoms with Crippen LogP contribution in [0.5, 0.6) is 11.5 Å². The number of nitrogens with zero attached hydrogens (tertiary/aromatic N) is 2. The summed E-state index contributed by atoms with van der Waals surface area (Å²) >= 11 is 0. The minimum atomic E-state index is -1.27. The van der Waals surface area contributed by atoms with Gasteiger partial charge in [-0.25, -0.2) is 4.98 Å². The minimum Gasteiger partial charge on any atom is -0.497 e. The van der Waals surface area contributed by atoms with Crippen molar-refractivity contribution >= 4 is 18.1 Å². The average Bonchev–Trinajstić information content (AvgIpc) is 3.00. The number of carbonyl (C=O) groups excluding carboxylic acids is 1. The maximum Gasteiger partial charge on any atom is 0.221 e. The Morgan fingerprint density at radius 1 is 0.902 bits per heavy atom. The Morgan fingerprint density at radius 2 is 1.54 bits per heavy atom. The number of benzene rings is 2. The summed E-state index contributed by atoms with van der Waals surface area (Å²) in [6.07, 6.45) is 4.09. The summed E-state index contributed by atoms with van der Waals surface area (Å²) in [5.74, 6) is 13.8. The lowest BCUT2D eigenvalue weighted by Crippen LogP contribution is -2.40. The molecular formula is C32H30N4O5. The molecule has 3 aromatic rings. The second kappa shape index (κ2) is 12.7. The SMILES string of the molecule is COC1=C(C#Cc2ccccc2OC)C(C#Cc2ccccc2OC)C(C=O)=CC1(Cc1cnc(N)nc1N)OC. The number of allylic oxidation sites excluding steroid dienone is 2. The summed E-state index contributed by atoms with van der Waals surface area (Å²) in [6, 6.07) is 14.7. The molecule has 9 heteroatoms. The second-order valence-electron chi connectivity index (χ2n) is 8.97. The molecule has 4 rings (SSSR count). The van der Waals surface area contributed by atoms with Crippen LogP contribution in [0.15, 0.2) is 77.7 Å². The van der Waals surface area contributed by atoms with E-state index in [0.29, 0.717) is 45.1 Å². The van der Waals surface area contributed by atoms with E-state index in [0.717, 1.165) is 6.29 Å². The largest absolute Gasteiger partial charge is 0.497 e. The first-order chi connectivity index (χ1) is 19.9. The van der Waals surface area contributed by atoms with Gasteiger partial charge in [0.15, 0.2) is 0 Å². The second-order valence-corrected chi connectivity index (χ2v) is 8.97. The molecule has 0 bridgehead atoms. The molecule has 0 spiro atoms. The molecule has 0 aliphatic heterocycles. The number of hydrogen-bond donors (Lipinski definition) is 2. The topological polar surface area (TPSA) is 132 Å². The Hall–Kier alpha value is -5.25. The zero-order valence-electron chi connectivity index (χ0n) is 23.2. The highest BCUT2D eigenvalue weighted by Crippen LogP contribution is 2.41. The summed E-state index contributed by atoms with van der Waals surface area (Å²) in [4.78, 5) is 20.7. The molecule has 2 unspecified atom stereocenters. The number of aldehydes is 1. The molecule has 0 radical (unpaired) electrons. The number of nitrogens with two attached hydrogens (primary N) is 2. The number of methoxy groups -OCH3 is 4. The van der Waals surface area contributed by atoms with Crippen LogP contribution >= 0.6 is 0 Å². The predicted octanol–water partition coefficient (Wildman–Crippen LogP) is 3.34. The van der Waals surface area contributed by atoms with Crippen molar-refractivity contribution in [1.29, 1.82) is 0 Å². The number of rotatable bonds is 7. The zero-order chi connectivity index (χ0) is 29.4. The molecule has 1 aromatic heterocycles. The number of nitrogen functional groups attached to an aromatic ring is 2. The van der Waals surface area contributed by atoms with Crippen LogP contribution in [-0.4, -0.2) is 50.3 Å². The lowest BCUT2D eigenvalue weighted by atomic mass is 9.76. The Morgan fingerprint density at radius 3 is 2.10 bits per heavy atom. The third-order valence-electron chi connectivity index (χ3n) is 6.62. The molecule has 4 N–H and O–H groups in total. The normalized spacial score (nSPS) is 17.8. The molecule has 0 fully saturated rings. The van der Waals surface area contributed by atoms with Crippen LogP contribution in [0.2, 0.25) is 0 Å². The lowest BCUT2D eigenvalue weighted by molar-refractivity contribution is -0.105. The van der Waals surface area contributed by atoms with Gasteiger partial charge in [-0.2, -0.15) is 4.98 Å². The number of ether oxygens (including phenoxy) is 4. The van der Waals surface area contributed by atoms with Gasteiger partial charge in [-0.3, -0.25) is 4.79 Å². The molecule has 9 nitrogen and oxygen atoms in total. The van der Waals surface area contributed by atoms with Gasteiger partial charge in [-0.05, 0) is 30.3 Å². The molecule has 208 valence electrons. The monoisotopic (exact) mass is 550 g/mol. The fourth-order valence-electron chi connectivity index (χ4n) is 4.60. The summed E-state index contributed by atoms with van der Waals surface area (Å²) in [6.45, 7) is 0. The summed E-state index contributed by atoms with van der Waals surface area (Å²) in [5.41, 5.74) is 13.2. The molecule has 0 saturated carbocycles. The van der Waals surface area contributed by atoms with E-state index in [1.54, 1.807) is 20.3 Å². The first-order valence-corrected chi connectivity index (χ1v) is 12.6. The molecule has 0 amide bonds. The van der Waals surface area contributed by atoms with Crippen LogP contribution in [0.25, 0.3) is 0 Å². The number of para-hydroxylation sites is 2. The van der Waals surface area contributed by atoms with Crippen molar-refractivity contribution in [2.75, 3.05) is 39.9 Å². The standard InChI is InChI=1S/C32H30N4O5/c1-38-27-11-7-5-9-21(27)13-15-25-24(20-37)18-32(41-4,17-23-19-35-31(34)36-30(23)33)29(40-3)26(25)16-14-22-10-6-8-12-28(22)39-2/h5-12,18-20,25H,17H2,1-4H3,(H4,33,34,35,36). The van der Waals surface area contributed by atoms with E-state index >= 15 is 0 Å². The smallest absolute Gasteiger partial charge is 0.221 e. The van der Waals surface area contributed by atoms with Gasteiger partial charge >= 0.3 is 0 Å². The number of anilines is 2. The van der Waals surface area contributed by atoms with Gasteiger partial charge < -0.3 is 30.4 Å². The van der Waals surface area contributed by atoms with E-state index in [9.17, 15) is 4.79 Å². The van der Waals surface area contributed by atoms with E-state index in [-0.39, 0.29) is 18.2 Å². The Kier molecular flexibility index (Phi) is 8.93. The van der Waals surface area contributed by atoms with Gasteiger partial charge in [-0.1, -0.05) is 47.9 Å². The molecule has 0 saturated heterocycles. The van der Waals surface area contributed by atoms with Gasteiger partial charge in [0.2, 0.25) is 5.95 Å². The maximum absolute atomic E-state index is 12.6. The molecule has 2 atom stereocenters. The van der Waals surface area contributed by atoms with Crippen LogP contribution in [0.3, 0.4) is 0 Å². The van der Waals surface area contributed by atoms with Crippen LogP contribution in [0.1, 0.15) is 16.7 Å². The quantitative estimate of drug-likeness (QED) is 0.336. The molecule has 1 aliphatic carbocycles. The number of aromatic nitrogens is 2. The van der Waals surface area contributed by atoms with Crippen LogP contribution in [0.4, 0.5) is 11.8 Å². The Labute approximate surface area is 239 Å². The van der Waals surface area contributed by atoms with Gasteiger partial charge in [0, 0.05) is 30.9 Å². The summed E-state index contributed by atoms with van der Waals surface area (Å²) < 4.78 is 23.0. The van der Waals surface area contributed by atoms with Gasteiger partial charge in [0.25, 0.3) is 0 Å². The third-order valence-corrected chi connectivity index (χ3v) is 6.62.